The van der Waals surface area contributed by atoms with Crippen molar-refractivity contribution in [1.29, 1.82) is 0 Å². The molecular formula is C12H17BrClN. The molecule has 15 heavy (non-hydrogen) atoms. The zero-order chi connectivity index (χ0) is 11.6. The Bertz CT molecular complexity index is 347. The highest BCUT2D eigenvalue weighted by molar-refractivity contribution is 9.10. The summed E-state index contributed by atoms with van der Waals surface area (Å²) in [6.45, 7) is 6.36. The van der Waals surface area contributed by atoms with Crippen LogP contribution in [0.5, 0.6) is 0 Å². The first kappa shape index (κ1) is 13.0. The molecular weight excluding hydrogens is 273 g/mol. The van der Waals surface area contributed by atoms with Crippen LogP contribution in [0.25, 0.3) is 0 Å². The van der Waals surface area contributed by atoms with Gasteiger partial charge in [-0.3, -0.25) is 0 Å². The SMILES string of the molecule is CC(C)CC(C)(N)c1ccc(Br)cc1Cl. The van der Waals surface area contributed by atoms with Crippen molar-refractivity contribution in [3.63, 3.8) is 0 Å². The number of benzene rings is 1. The van der Waals surface area contributed by atoms with E-state index < -0.39 is 0 Å². The molecule has 0 aliphatic rings. The quantitative estimate of drug-likeness (QED) is 0.881. The van der Waals surface area contributed by atoms with Gasteiger partial charge in [0, 0.05) is 15.0 Å². The zero-order valence-electron chi connectivity index (χ0n) is 9.35. The lowest BCUT2D eigenvalue weighted by Crippen LogP contribution is -2.34. The standard InChI is InChI=1S/C12H17BrClN/c1-8(2)7-12(3,15)10-5-4-9(13)6-11(10)14/h4-6,8H,7,15H2,1-3H3. The highest BCUT2D eigenvalue weighted by Crippen LogP contribution is 2.32. The Balaban J connectivity index is 3.04. The normalized spacial score (nSPS) is 15.4. The van der Waals surface area contributed by atoms with Gasteiger partial charge in [0.15, 0.2) is 0 Å². The average Bonchev–Trinajstić information content (AvgIpc) is 1.99. The van der Waals surface area contributed by atoms with Crippen molar-refractivity contribution >= 4 is 27.5 Å². The predicted molar refractivity (Wildman–Crippen MR) is 70.1 cm³/mol. The Morgan fingerprint density at radius 2 is 2.07 bits per heavy atom. The highest BCUT2D eigenvalue weighted by Gasteiger charge is 2.24. The summed E-state index contributed by atoms with van der Waals surface area (Å²) >= 11 is 9.58. The molecule has 0 bridgehead atoms. The first-order chi connectivity index (χ1) is 6.83. The van der Waals surface area contributed by atoms with Crippen LogP contribution in [0.15, 0.2) is 22.7 Å². The Morgan fingerprint density at radius 3 is 2.53 bits per heavy atom. The van der Waals surface area contributed by atoms with Crippen molar-refractivity contribution in [3.05, 3.63) is 33.3 Å². The van der Waals surface area contributed by atoms with Crippen LogP contribution in [0.1, 0.15) is 32.8 Å². The molecule has 3 heteroatoms. The van der Waals surface area contributed by atoms with E-state index in [1.54, 1.807) is 0 Å². The van der Waals surface area contributed by atoms with Gasteiger partial charge in [-0.2, -0.15) is 0 Å². The number of halogens is 2. The van der Waals surface area contributed by atoms with Crippen molar-refractivity contribution in [3.8, 4) is 0 Å². The van der Waals surface area contributed by atoms with Crippen molar-refractivity contribution < 1.29 is 0 Å². The molecule has 1 aromatic rings. The van der Waals surface area contributed by atoms with E-state index in [0.717, 1.165) is 21.5 Å². The van der Waals surface area contributed by atoms with Gasteiger partial charge >= 0.3 is 0 Å². The number of hydrogen-bond donors (Lipinski definition) is 1. The third-order valence-corrected chi connectivity index (χ3v) is 3.18. The van der Waals surface area contributed by atoms with Crippen LogP contribution in [0.4, 0.5) is 0 Å². The molecule has 0 fully saturated rings. The van der Waals surface area contributed by atoms with E-state index in [1.807, 2.05) is 25.1 Å². The van der Waals surface area contributed by atoms with E-state index in [-0.39, 0.29) is 5.54 Å². The lowest BCUT2D eigenvalue weighted by molar-refractivity contribution is 0.380. The van der Waals surface area contributed by atoms with Gasteiger partial charge in [-0.05, 0) is 37.0 Å². The largest absolute Gasteiger partial charge is 0.322 e. The molecule has 0 aliphatic heterocycles. The molecule has 0 aliphatic carbocycles. The second-order valence-electron chi connectivity index (χ2n) is 4.64. The maximum atomic E-state index is 6.29. The zero-order valence-corrected chi connectivity index (χ0v) is 11.7. The van der Waals surface area contributed by atoms with Crippen molar-refractivity contribution in [1.82, 2.24) is 0 Å². The molecule has 1 rings (SSSR count). The van der Waals surface area contributed by atoms with E-state index in [4.69, 9.17) is 17.3 Å². The minimum atomic E-state index is -0.355. The average molecular weight is 291 g/mol. The van der Waals surface area contributed by atoms with Crippen LogP contribution < -0.4 is 5.73 Å². The summed E-state index contributed by atoms with van der Waals surface area (Å²) in [5, 5.41) is 0.732. The van der Waals surface area contributed by atoms with Crippen LogP contribution in [-0.2, 0) is 5.54 Å². The maximum absolute atomic E-state index is 6.29. The molecule has 0 saturated heterocycles. The van der Waals surface area contributed by atoms with Crippen molar-refractivity contribution in [2.75, 3.05) is 0 Å². The molecule has 84 valence electrons. The Labute approximate surface area is 105 Å². The second-order valence-corrected chi connectivity index (χ2v) is 5.96. The molecule has 1 aromatic carbocycles. The first-order valence-electron chi connectivity index (χ1n) is 5.07. The third kappa shape index (κ3) is 3.47. The van der Waals surface area contributed by atoms with Gasteiger partial charge in [0.05, 0.1) is 0 Å². The lowest BCUT2D eigenvalue weighted by atomic mass is 9.85. The summed E-state index contributed by atoms with van der Waals surface area (Å²) in [4.78, 5) is 0. The van der Waals surface area contributed by atoms with E-state index in [1.165, 1.54) is 0 Å². The molecule has 0 spiro atoms. The van der Waals surface area contributed by atoms with E-state index in [9.17, 15) is 0 Å². The molecule has 0 aromatic heterocycles. The minimum Gasteiger partial charge on any atom is -0.322 e. The third-order valence-electron chi connectivity index (χ3n) is 2.38. The van der Waals surface area contributed by atoms with Crippen LogP contribution in [0.3, 0.4) is 0 Å². The van der Waals surface area contributed by atoms with Crippen molar-refractivity contribution in [2.45, 2.75) is 32.7 Å². The van der Waals surface area contributed by atoms with Crippen LogP contribution >= 0.6 is 27.5 Å². The predicted octanol–water partition coefficient (Wildman–Crippen LogP) is 4.32. The van der Waals surface area contributed by atoms with E-state index >= 15 is 0 Å². The van der Waals surface area contributed by atoms with Gasteiger partial charge in [-0.1, -0.05) is 47.4 Å². The summed E-state index contributed by atoms with van der Waals surface area (Å²) in [5.74, 6) is 0.555. The monoisotopic (exact) mass is 289 g/mol. The minimum absolute atomic E-state index is 0.355. The maximum Gasteiger partial charge on any atom is 0.0467 e. The molecule has 0 heterocycles. The second kappa shape index (κ2) is 4.86. The first-order valence-corrected chi connectivity index (χ1v) is 6.24. The molecule has 1 nitrogen and oxygen atoms in total. The highest BCUT2D eigenvalue weighted by atomic mass is 79.9. The summed E-state index contributed by atoms with van der Waals surface area (Å²) in [5.41, 5.74) is 6.95. The topological polar surface area (TPSA) is 26.0 Å². The number of hydrogen-bond acceptors (Lipinski definition) is 1. The Hall–Kier alpha value is -0.0500. The number of rotatable bonds is 3. The van der Waals surface area contributed by atoms with Crippen LogP contribution in [0, 0.1) is 5.92 Å². The fourth-order valence-electron chi connectivity index (χ4n) is 1.91. The van der Waals surface area contributed by atoms with Gasteiger partial charge in [-0.15, -0.1) is 0 Å². The number of nitrogens with two attached hydrogens (primary N) is 1. The molecule has 0 saturated carbocycles. The molecule has 0 radical (unpaired) electrons. The Kier molecular flexibility index (Phi) is 4.21. The van der Waals surface area contributed by atoms with Gasteiger partial charge < -0.3 is 5.73 Å². The van der Waals surface area contributed by atoms with Crippen LogP contribution in [0.2, 0.25) is 5.02 Å². The van der Waals surface area contributed by atoms with Crippen molar-refractivity contribution in [2.24, 2.45) is 11.7 Å². The summed E-state index contributed by atoms with van der Waals surface area (Å²) < 4.78 is 0.983. The molecule has 2 N–H and O–H groups in total. The lowest BCUT2D eigenvalue weighted by Gasteiger charge is -2.28. The van der Waals surface area contributed by atoms with Crippen LogP contribution in [-0.4, -0.2) is 0 Å². The smallest absolute Gasteiger partial charge is 0.0467 e. The fourth-order valence-corrected chi connectivity index (χ4v) is 2.80. The van der Waals surface area contributed by atoms with E-state index in [0.29, 0.717) is 5.92 Å². The summed E-state index contributed by atoms with van der Waals surface area (Å²) in [7, 11) is 0. The van der Waals surface area contributed by atoms with E-state index in [2.05, 4.69) is 29.8 Å². The fraction of sp³-hybridized carbons (Fsp3) is 0.500. The summed E-state index contributed by atoms with van der Waals surface area (Å²) in [6, 6.07) is 5.86. The van der Waals surface area contributed by atoms with Gasteiger partial charge in [0.25, 0.3) is 0 Å². The van der Waals surface area contributed by atoms with Gasteiger partial charge in [0.2, 0.25) is 0 Å². The van der Waals surface area contributed by atoms with Gasteiger partial charge in [-0.25, -0.2) is 0 Å². The summed E-state index contributed by atoms with van der Waals surface area (Å²) in [6.07, 6.45) is 0.925. The molecule has 1 unspecified atom stereocenters. The van der Waals surface area contributed by atoms with Gasteiger partial charge in [0.1, 0.15) is 0 Å². The molecule has 0 amide bonds. The molecule has 1 atom stereocenters. The Morgan fingerprint density at radius 1 is 1.47 bits per heavy atom.